The number of amides is 1. The van der Waals surface area contributed by atoms with Crippen LogP contribution in [0.15, 0.2) is 60.4 Å². The fourth-order valence-corrected chi connectivity index (χ4v) is 5.64. The Morgan fingerprint density at radius 2 is 1.88 bits per heavy atom. The van der Waals surface area contributed by atoms with Gasteiger partial charge in [-0.2, -0.15) is 0 Å². The van der Waals surface area contributed by atoms with E-state index in [9.17, 15) is 14.4 Å². The van der Waals surface area contributed by atoms with Gasteiger partial charge in [0.15, 0.2) is 11.6 Å². The minimum Gasteiger partial charge on any atom is -0.444 e. The number of Topliss-reactive ketones (excluding diaryl/α,β-unsaturated/α-hetero) is 2. The summed E-state index contributed by atoms with van der Waals surface area (Å²) in [7, 11) is 0. The summed E-state index contributed by atoms with van der Waals surface area (Å²) < 4.78 is 5.71. The lowest BCUT2D eigenvalue weighted by Gasteiger charge is -2.37. The zero-order valence-corrected chi connectivity index (χ0v) is 22.8. The molecule has 2 N–H and O–H groups in total. The number of ether oxygens (including phenoxy) is 1. The third-order valence-corrected chi connectivity index (χ3v) is 7.39. The van der Waals surface area contributed by atoms with Gasteiger partial charge >= 0.3 is 6.09 Å². The fraction of sp³-hybridized carbons (Fsp3) is 0.323. The molecule has 40 heavy (non-hydrogen) atoms. The second-order valence-electron chi connectivity index (χ2n) is 11.4. The van der Waals surface area contributed by atoms with Gasteiger partial charge in [0, 0.05) is 30.9 Å². The zero-order valence-electron chi connectivity index (χ0n) is 22.8. The second-order valence-corrected chi connectivity index (χ2v) is 11.4. The number of nitrogens with zero attached hydrogens (tertiary/aromatic N) is 3. The average Bonchev–Trinajstić information content (AvgIpc) is 3.64. The van der Waals surface area contributed by atoms with Crippen molar-refractivity contribution in [3.63, 3.8) is 0 Å². The Hall–Kier alpha value is -4.53. The molecule has 1 amide bonds. The largest absolute Gasteiger partial charge is 0.444 e. The van der Waals surface area contributed by atoms with Crippen molar-refractivity contribution in [1.82, 2.24) is 24.8 Å². The highest BCUT2D eigenvalue weighted by Crippen LogP contribution is 2.40. The van der Waals surface area contributed by atoms with Crippen molar-refractivity contribution in [2.75, 3.05) is 6.54 Å². The molecule has 1 aliphatic carbocycles. The summed E-state index contributed by atoms with van der Waals surface area (Å²) in [5, 5.41) is 0. The molecule has 1 atom stereocenters. The molecule has 3 heterocycles. The maximum Gasteiger partial charge on any atom is 0.411 e. The van der Waals surface area contributed by atoms with Gasteiger partial charge in [-0.25, -0.2) is 14.8 Å². The predicted molar refractivity (Wildman–Crippen MR) is 150 cm³/mol. The molecule has 2 aromatic heterocycles. The Morgan fingerprint density at radius 1 is 1.05 bits per heavy atom. The van der Waals surface area contributed by atoms with Crippen molar-refractivity contribution in [2.45, 2.75) is 58.1 Å². The molecule has 6 rings (SSSR count). The van der Waals surface area contributed by atoms with E-state index in [0.29, 0.717) is 41.2 Å². The summed E-state index contributed by atoms with van der Waals surface area (Å²) in [6.45, 7) is 5.81. The third kappa shape index (κ3) is 4.95. The quantitative estimate of drug-likeness (QED) is 0.340. The molecule has 0 radical (unpaired) electrons. The predicted octanol–water partition coefficient (Wildman–Crippen LogP) is 4.84. The molecule has 2 aliphatic rings. The molecule has 0 saturated heterocycles. The Kier molecular flexibility index (Phi) is 6.37. The second kappa shape index (κ2) is 9.89. The standard InChI is InChI=1S/C31H31N5O4/c1-31(2,3)40-30(39)36-17-19-13-18-7-4-5-8-20(18)22(19)14-24(36)26(38)16-28-34-23-10-6-9-21(29(23)35-28)25(37)15-27-32-11-12-33-27/h4-12,24H,13-17H2,1-3H3,(H,32,33)(H,34,35)/t24-/m0/s1. The number of fused-ring (bicyclic) bond motifs is 3. The summed E-state index contributed by atoms with van der Waals surface area (Å²) in [4.78, 5) is 56.7. The van der Waals surface area contributed by atoms with Crippen molar-refractivity contribution in [2.24, 2.45) is 0 Å². The lowest BCUT2D eigenvalue weighted by molar-refractivity contribution is -0.123. The molecule has 204 valence electrons. The summed E-state index contributed by atoms with van der Waals surface area (Å²) in [6.07, 6.45) is 4.10. The molecular weight excluding hydrogens is 506 g/mol. The van der Waals surface area contributed by atoms with Crippen LogP contribution in [0.4, 0.5) is 4.79 Å². The normalized spacial score (nSPS) is 16.7. The molecule has 0 unspecified atom stereocenters. The minimum absolute atomic E-state index is 0.00524. The Balaban J connectivity index is 1.27. The fourth-order valence-electron chi connectivity index (χ4n) is 5.64. The first-order chi connectivity index (χ1) is 19.2. The number of nitrogens with one attached hydrogen (secondary N) is 2. The summed E-state index contributed by atoms with van der Waals surface area (Å²) in [5.41, 5.74) is 5.64. The van der Waals surface area contributed by atoms with Crippen LogP contribution in [-0.2, 0) is 28.8 Å². The van der Waals surface area contributed by atoms with E-state index in [0.717, 1.165) is 23.1 Å². The number of hydrogen-bond donors (Lipinski definition) is 2. The lowest BCUT2D eigenvalue weighted by Crippen LogP contribution is -2.50. The molecule has 9 nitrogen and oxygen atoms in total. The summed E-state index contributed by atoms with van der Waals surface area (Å²) >= 11 is 0. The first-order valence-electron chi connectivity index (χ1n) is 13.5. The van der Waals surface area contributed by atoms with Crippen LogP contribution in [0.3, 0.4) is 0 Å². The van der Waals surface area contributed by atoms with Crippen LogP contribution in [0, 0.1) is 0 Å². The number of aromatic nitrogens is 4. The summed E-state index contributed by atoms with van der Waals surface area (Å²) in [6, 6.07) is 12.9. The number of rotatable bonds is 6. The molecule has 9 heteroatoms. The van der Waals surface area contributed by atoms with Gasteiger partial charge in [0.2, 0.25) is 0 Å². The molecule has 0 saturated carbocycles. The number of aromatic amines is 2. The van der Waals surface area contributed by atoms with E-state index in [1.165, 1.54) is 5.56 Å². The van der Waals surface area contributed by atoms with Crippen molar-refractivity contribution in [1.29, 1.82) is 0 Å². The number of imidazole rings is 2. The van der Waals surface area contributed by atoms with Gasteiger partial charge < -0.3 is 14.7 Å². The Labute approximate surface area is 231 Å². The first kappa shape index (κ1) is 25.7. The van der Waals surface area contributed by atoms with E-state index in [4.69, 9.17) is 4.74 Å². The lowest BCUT2D eigenvalue weighted by atomic mass is 9.90. The van der Waals surface area contributed by atoms with Crippen molar-refractivity contribution in [3.05, 3.63) is 88.8 Å². The number of carbonyl (C=O) groups excluding carboxylic acids is 3. The maximum atomic E-state index is 13.8. The van der Waals surface area contributed by atoms with Gasteiger partial charge in [0.1, 0.15) is 17.2 Å². The highest BCUT2D eigenvalue weighted by molar-refractivity contribution is 6.07. The molecular formula is C31H31N5O4. The van der Waals surface area contributed by atoms with E-state index < -0.39 is 17.7 Å². The van der Waals surface area contributed by atoms with E-state index in [-0.39, 0.29) is 24.4 Å². The molecule has 0 fully saturated rings. The van der Waals surface area contributed by atoms with Crippen LogP contribution in [-0.4, -0.2) is 60.7 Å². The van der Waals surface area contributed by atoms with Crippen molar-refractivity contribution >= 4 is 34.3 Å². The van der Waals surface area contributed by atoms with E-state index in [1.54, 1.807) is 29.4 Å². The van der Waals surface area contributed by atoms with Gasteiger partial charge in [-0.3, -0.25) is 14.5 Å². The van der Waals surface area contributed by atoms with Crippen LogP contribution in [0.25, 0.3) is 16.6 Å². The molecule has 0 spiro atoms. The average molecular weight is 538 g/mol. The number of ketones is 2. The van der Waals surface area contributed by atoms with E-state index in [1.807, 2.05) is 39.0 Å². The molecule has 0 bridgehead atoms. The van der Waals surface area contributed by atoms with Crippen LogP contribution < -0.4 is 0 Å². The Morgan fingerprint density at radius 3 is 2.65 bits per heavy atom. The first-order valence-corrected chi connectivity index (χ1v) is 13.5. The van der Waals surface area contributed by atoms with E-state index in [2.05, 4.69) is 32.1 Å². The monoisotopic (exact) mass is 537 g/mol. The highest BCUT2D eigenvalue weighted by atomic mass is 16.6. The third-order valence-electron chi connectivity index (χ3n) is 7.39. The van der Waals surface area contributed by atoms with E-state index >= 15 is 0 Å². The Bertz CT molecular complexity index is 1660. The molecule has 4 aromatic rings. The smallest absolute Gasteiger partial charge is 0.411 e. The molecule has 1 aliphatic heterocycles. The van der Waals surface area contributed by atoms with Crippen LogP contribution in [0.1, 0.15) is 60.3 Å². The SMILES string of the molecule is CC(C)(C)OC(=O)N1CC2=C(C[C@H]1C(=O)Cc1nc3c(C(=O)Cc4ncc[nH]4)cccc3[nH]1)c1ccccc1C2. The van der Waals surface area contributed by atoms with Gasteiger partial charge in [-0.05, 0) is 61.6 Å². The topological polar surface area (TPSA) is 121 Å². The van der Waals surface area contributed by atoms with Crippen molar-refractivity contribution < 1.29 is 19.1 Å². The number of para-hydroxylation sites is 1. The zero-order chi connectivity index (χ0) is 28.0. The highest BCUT2D eigenvalue weighted by Gasteiger charge is 2.40. The van der Waals surface area contributed by atoms with Crippen LogP contribution >= 0.6 is 0 Å². The van der Waals surface area contributed by atoms with Gasteiger partial charge in [-0.1, -0.05) is 30.3 Å². The summed E-state index contributed by atoms with van der Waals surface area (Å²) in [5.74, 6) is 0.778. The number of H-pyrrole nitrogens is 2. The number of hydrogen-bond acceptors (Lipinski definition) is 6. The van der Waals surface area contributed by atoms with Crippen LogP contribution in [0.2, 0.25) is 0 Å². The minimum atomic E-state index is -0.687. The van der Waals surface area contributed by atoms with Crippen molar-refractivity contribution in [3.8, 4) is 0 Å². The number of carbonyl (C=O) groups is 3. The molecule has 2 aromatic carbocycles. The van der Waals surface area contributed by atoms with Gasteiger partial charge in [-0.15, -0.1) is 0 Å². The van der Waals surface area contributed by atoms with Gasteiger partial charge in [0.25, 0.3) is 0 Å². The van der Waals surface area contributed by atoms with Gasteiger partial charge in [0.05, 0.1) is 29.9 Å². The number of benzene rings is 2. The maximum absolute atomic E-state index is 13.8. The van der Waals surface area contributed by atoms with Crippen LogP contribution in [0.5, 0.6) is 0 Å².